The lowest BCUT2D eigenvalue weighted by atomic mass is 9.95. The molecule has 4 nitrogen and oxygen atoms in total. The molecule has 2 aromatic carbocycles. The number of nitrogens with two attached hydrogens (primary N) is 1. The fourth-order valence-electron chi connectivity index (χ4n) is 3.57. The first-order valence-electron chi connectivity index (χ1n) is 9.25. The number of nitrogens with zero attached hydrogens (tertiary/aromatic N) is 2. The molecule has 0 saturated carbocycles. The predicted molar refractivity (Wildman–Crippen MR) is 109 cm³/mol. The highest BCUT2D eigenvalue weighted by Crippen LogP contribution is 2.31. The molecule has 0 aliphatic heterocycles. The maximum atomic E-state index is 13.4. The third-order valence-electron chi connectivity index (χ3n) is 5.47. The summed E-state index contributed by atoms with van der Waals surface area (Å²) in [6.45, 7) is 10.3. The maximum Gasteiger partial charge on any atom is 0.265 e. The molecule has 0 saturated heterocycles. The number of benzene rings is 2. The summed E-state index contributed by atoms with van der Waals surface area (Å²) in [5.74, 6) is 0.824. The van der Waals surface area contributed by atoms with Crippen molar-refractivity contribution in [2.75, 3.05) is 5.73 Å². The minimum Gasteiger partial charge on any atom is -0.398 e. The molecule has 0 aliphatic carbocycles. The van der Waals surface area contributed by atoms with Crippen molar-refractivity contribution in [2.45, 2.75) is 53.9 Å². The second-order valence-electron chi connectivity index (χ2n) is 7.05. The van der Waals surface area contributed by atoms with Gasteiger partial charge in [-0.15, -0.1) is 0 Å². The van der Waals surface area contributed by atoms with Gasteiger partial charge in [0, 0.05) is 12.1 Å². The number of anilines is 1. The van der Waals surface area contributed by atoms with Crippen molar-refractivity contribution >= 4 is 16.6 Å². The van der Waals surface area contributed by atoms with Gasteiger partial charge in [-0.2, -0.15) is 0 Å². The van der Waals surface area contributed by atoms with E-state index in [9.17, 15) is 4.79 Å². The van der Waals surface area contributed by atoms with Crippen LogP contribution >= 0.6 is 0 Å². The Labute approximate surface area is 154 Å². The number of aromatic nitrogens is 2. The number of rotatable bonds is 4. The van der Waals surface area contributed by atoms with E-state index in [1.165, 1.54) is 0 Å². The SMILES string of the molecule is CCCCc1nc2ccccc2c(=O)n1-c1c(C)c(C)c(N)c(C)c1C. The van der Waals surface area contributed by atoms with Crippen LogP contribution in [-0.4, -0.2) is 9.55 Å². The van der Waals surface area contributed by atoms with Crippen LogP contribution in [0.3, 0.4) is 0 Å². The van der Waals surface area contributed by atoms with Crippen LogP contribution in [0, 0.1) is 27.7 Å². The molecular weight excluding hydrogens is 322 g/mol. The molecule has 2 N–H and O–H groups in total. The van der Waals surface area contributed by atoms with E-state index in [0.29, 0.717) is 5.39 Å². The smallest absolute Gasteiger partial charge is 0.265 e. The van der Waals surface area contributed by atoms with Crippen molar-refractivity contribution in [3.05, 3.63) is 62.7 Å². The minimum absolute atomic E-state index is 0.00326. The van der Waals surface area contributed by atoms with E-state index in [2.05, 4.69) is 6.92 Å². The van der Waals surface area contributed by atoms with Crippen molar-refractivity contribution < 1.29 is 0 Å². The van der Waals surface area contributed by atoms with Gasteiger partial charge in [-0.1, -0.05) is 25.5 Å². The van der Waals surface area contributed by atoms with E-state index >= 15 is 0 Å². The molecule has 1 heterocycles. The molecule has 1 aromatic heterocycles. The zero-order valence-electron chi connectivity index (χ0n) is 16.3. The van der Waals surface area contributed by atoms with Crippen LogP contribution in [0.15, 0.2) is 29.1 Å². The lowest BCUT2D eigenvalue weighted by molar-refractivity contribution is 0.717. The molecule has 0 spiro atoms. The molecule has 26 heavy (non-hydrogen) atoms. The fourth-order valence-corrected chi connectivity index (χ4v) is 3.57. The molecule has 0 atom stereocenters. The van der Waals surface area contributed by atoms with Gasteiger partial charge in [0.05, 0.1) is 16.6 Å². The first kappa shape index (κ1) is 18.2. The van der Waals surface area contributed by atoms with E-state index < -0.39 is 0 Å². The van der Waals surface area contributed by atoms with Crippen LogP contribution in [0.5, 0.6) is 0 Å². The molecule has 0 radical (unpaired) electrons. The molecule has 0 fully saturated rings. The van der Waals surface area contributed by atoms with Crippen LogP contribution in [0.2, 0.25) is 0 Å². The van der Waals surface area contributed by atoms with E-state index in [4.69, 9.17) is 10.7 Å². The van der Waals surface area contributed by atoms with Gasteiger partial charge < -0.3 is 5.73 Å². The molecule has 0 amide bonds. The summed E-state index contributed by atoms with van der Waals surface area (Å²) in [4.78, 5) is 18.3. The van der Waals surface area contributed by atoms with Crippen molar-refractivity contribution in [2.24, 2.45) is 0 Å². The van der Waals surface area contributed by atoms with Crippen LogP contribution in [-0.2, 0) is 6.42 Å². The number of hydrogen-bond donors (Lipinski definition) is 1. The average molecular weight is 349 g/mol. The summed E-state index contributed by atoms with van der Waals surface area (Å²) in [6, 6.07) is 7.58. The van der Waals surface area contributed by atoms with Crippen molar-refractivity contribution in [1.29, 1.82) is 0 Å². The van der Waals surface area contributed by atoms with Gasteiger partial charge in [0.15, 0.2) is 0 Å². The summed E-state index contributed by atoms with van der Waals surface area (Å²) in [5.41, 5.74) is 12.9. The maximum absolute atomic E-state index is 13.4. The molecule has 0 bridgehead atoms. The highest BCUT2D eigenvalue weighted by atomic mass is 16.1. The first-order valence-corrected chi connectivity index (χ1v) is 9.25. The van der Waals surface area contributed by atoms with Crippen molar-refractivity contribution in [1.82, 2.24) is 9.55 Å². The highest BCUT2D eigenvalue weighted by Gasteiger charge is 2.19. The molecule has 0 unspecified atom stereocenters. The summed E-state index contributed by atoms with van der Waals surface area (Å²) >= 11 is 0. The Morgan fingerprint density at radius 2 is 1.62 bits per heavy atom. The predicted octanol–water partition coefficient (Wildman–Crippen LogP) is 4.54. The topological polar surface area (TPSA) is 60.9 Å². The van der Waals surface area contributed by atoms with Gasteiger partial charge in [0.1, 0.15) is 5.82 Å². The average Bonchev–Trinajstić information content (AvgIpc) is 2.65. The van der Waals surface area contributed by atoms with E-state index in [0.717, 1.165) is 64.2 Å². The zero-order chi connectivity index (χ0) is 19.0. The zero-order valence-corrected chi connectivity index (χ0v) is 16.3. The summed E-state index contributed by atoms with van der Waals surface area (Å²) in [5, 5.41) is 0.652. The van der Waals surface area contributed by atoms with Gasteiger partial charge in [-0.3, -0.25) is 9.36 Å². The number of nitrogen functional groups attached to an aromatic ring is 1. The normalized spacial score (nSPS) is 11.3. The largest absolute Gasteiger partial charge is 0.398 e. The number of fused-ring (bicyclic) bond motifs is 1. The van der Waals surface area contributed by atoms with Crippen molar-refractivity contribution in [3.63, 3.8) is 0 Å². The molecule has 3 aromatic rings. The van der Waals surface area contributed by atoms with E-state index in [-0.39, 0.29) is 5.56 Å². The third-order valence-corrected chi connectivity index (χ3v) is 5.47. The van der Waals surface area contributed by atoms with Crippen LogP contribution in [0.1, 0.15) is 47.8 Å². The monoisotopic (exact) mass is 349 g/mol. The van der Waals surface area contributed by atoms with Gasteiger partial charge in [-0.05, 0) is 68.5 Å². The van der Waals surface area contributed by atoms with Crippen LogP contribution < -0.4 is 11.3 Å². The van der Waals surface area contributed by atoms with Gasteiger partial charge >= 0.3 is 0 Å². The molecular formula is C22H27N3O. The number of hydrogen-bond acceptors (Lipinski definition) is 3. The lowest BCUT2D eigenvalue weighted by Gasteiger charge is -2.22. The Bertz CT molecular complexity index is 1020. The Morgan fingerprint density at radius 1 is 1.00 bits per heavy atom. The molecule has 4 heteroatoms. The van der Waals surface area contributed by atoms with Gasteiger partial charge in [0.2, 0.25) is 0 Å². The first-order chi connectivity index (χ1) is 12.4. The fraction of sp³-hybridized carbons (Fsp3) is 0.364. The quantitative estimate of drug-likeness (QED) is 0.703. The lowest BCUT2D eigenvalue weighted by Crippen LogP contribution is -2.26. The third kappa shape index (κ3) is 2.79. The highest BCUT2D eigenvalue weighted by molar-refractivity contribution is 5.78. The summed E-state index contributed by atoms with van der Waals surface area (Å²) in [6.07, 6.45) is 2.83. The number of aryl methyl sites for hydroxylation is 1. The summed E-state index contributed by atoms with van der Waals surface area (Å²) in [7, 11) is 0. The number of unbranched alkanes of at least 4 members (excludes halogenated alkanes) is 1. The van der Waals surface area contributed by atoms with E-state index in [1.807, 2.05) is 56.5 Å². The number of para-hydroxylation sites is 1. The van der Waals surface area contributed by atoms with Crippen molar-refractivity contribution in [3.8, 4) is 5.69 Å². The standard InChI is InChI=1S/C22H27N3O/c1-6-7-12-19-24-18-11-9-8-10-17(18)22(26)25(19)21-15(4)13(2)20(23)14(3)16(21)5/h8-11H,6-7,12,23H2,1-5H3. The second-order valence-corrected chi connectivity index (χ2v) is 7.05. The molecule has 3 rings (SSSR count). The van der Waals surface area contributed by atoms with Gasteiger partial charge in [-0.25, -0.2) is 4.98 Å². The Morgan fingerprint density at radius 3 is 2.23 bits per heavy atom. The summed E-state index contributed by atoms with van der Waals surface area (Å²) < 4.78 is 1.82. The Kier molecular flexibility index (Phi) is 4.86. The molecule has 0 aliphatic rings. The van der Waals surface area contributed by atoms with Gasteiger partial charge in [0.25, 0.3) is 5.56 Å². The van der Waals surface area contributed by atoms with E-state index in [1.54, 1.807) is 0 Å². The van der Waals surface area contributed by atoms with Crippen LogP contribution in [0.4, 0.5) is 5.69 Å². The van der Waals surface area contributed by atoms with Crippen LogP contribution in [0.25, 0.3) is 16.6 Å². The Hall–Kier alpha value is -2.62. The molecule has 136 valence electrons. The Balaban J connectivity index is 2.45. The second kappa shape index (κ2) is 6.94. The minimum atomic E-state index is -0.00326.